The number of nitrogens with zero attached hydrogens (tertiary/aromatic N) is 4. The summed E-state index contributed by atoms with van der Waals surface area (Å²) in [6.45, 7) is 2.85. The lowest BCUT2D eigenvalue weighted by Crippen LogP contribution is -2.33. The van der Waals surface area contributed by atoms with Crippen molar-refractivity contribution in [2.75, 3.05) is 11.4 Å². The molecule has 3 heterocycles. The molecule has 0 atom stereocenters. The van der Waals surface area contributed by atoms with E-state index in [4.69, 9.17) is 0 Å². The van der Waals surface area contributed by atoms with Gasteiger partial charge in [-0.15, -0.1) is 5.10 Å². The van der Waals surface area contributed by atoms with Gasteiger partial charge in [-0.3, -0.25) is 9.59 Å². The Morgan fingerprint density at radius 2 is 1.66 bits per heavy atom. The molecule has 5 rings (SSSR count). The van der Waals surface area contributed by atoms with Crippen LogP contribution in [0.3, 0.4) is 0 Å². The molecule has 0 N–H and O–H groups in total. The fourth-order valence-corrected chi connectivity index (χ4v) is 5.19. The molecule has 7 heteroatoms. The largest absolute Gasteiger partial charge is 0.308 e. The maximum atomic E-state index is 13.4. The molecular weight excluding hydrogens is 420 g/mol. The minimum Gasteiger partial charge on any atom is -0.308 e. The van der Waals surface area contributed by atoms with E-state index in [9.17, 15) is 9.59 Å². The summed E-state index contributed by atoms with van der Waals surface area (Å²) < 4.78 is 1.73. The van der Waals surface area contributed by atoms with Crippen LogP contribution in [0.1, 0.15) is 44.6 Å². The number of thiazole rings is 1. The molecule has 1 aliphatic heterocycles. The third-order valence-electron chi connectivity index (χ3n) is 5.82. The van der Waals surface area contributed by atoms with Crippen LogP contribution in [0.25, 0.3) is 21.9 Å². The molecular formula is C25H24N4O2S. The fourth-order valence-electron chi connectivity index (χ4n) is 4.19. The van der Waals surface area contributed by atoms with Crippen LogP contribution >= 0.6 is 11.3 Å². The van der Waals surface area contributed by atoms with Crippen molar-refractivity contribution in [3.05, 3.63) is 75.0 Å². The zero-order chi connectivity index (χ0) is 22.1. The molecule has 1 aliphatic rings. The highest BCUT2D eigenvalue weighted by atomic mass is 32.1. The first kappa shape index (κ1) is 20.6. The minimum absolute atomic E-state index is 0.105. The second kappa shape index (κ2) is 8.67. The molecule has 0 radical (unpaired) electrons. The summed E-state index contributed by atoms with van der Waals surface area (Å²) in [5.41, 5.74) is 2.73. The van der Waals surface area contributed by atoms with Gasteiger partial charge in [-0.05, 0) is 12.5 Å². The van der Waals surface area contributed by atoms with E-state index in [2.05, 4.69) is 17.0 Å². The Morgan fingerprint density at radius 3 is 2.44 bits per heavy atom. The predicted octanol–water partition coefficient (Wildman–Crippen LogP) is 4.05. The molecule has 6 nitrogen and oxygen atoms in total. The van der Waals surface area contributed by atoms with E-state index in [-0.39, 0.29) is 11.5 Å². The molecule has 162 valence electrons. The summed E-state index contributed by atoms with van der Waals surface area (Å²) in [6.07, 6.45) is 5.64. The maximum absolute atomic E-state index is 13.4. The summed E-state index contributed by atoms with van der Waals surface area (Å²) in [4.78, 5) is 33.5. The predicted molar refractivity (Wildman–Crippen MR) is 128 cm³/mol. The van der Waals surface area contributed by atoms with Gasteiger partial charge in [0.2, 0.25) is 4.96 Å². The monoisotopic (exact) mass is 444 g/mol. The normalized spacial score (nSPS) is 15.0. The second-order valence-electron chi connectivity index (χ2n) is 8.00. The van der Waals surface area contributed by atoms with Gasteiger partial charge in [0, 0.05) is 17.7 Å². The molecule has 2 aromatic carbocycles. The highest BCUT2D eigenvalue weighted by molar-refractivity contribution is 7.15. The number of para-hydroxylation sites is 1. The molecule has 0 fully saturated rings. The minimum atomic E-state index is -0.289. The lowest BCUT2D eigenvalue weighted by molar-refractivity contribution is -0.113. The molecule has 0 saturated heterocycles. The number of aromatic nitrogens is 3. The van der Waals surface area contributed by atoms with Crippen LogP contribution in [0.2, 0.25) is 0 Å². The number of carbonyl (C=O) groups is 1. The molecule has 1 amide bonds. The standard InChI is InChI=1S/C25H24N4O2S/c1-2-3-4-5-11-16-28-19-15-10-9-14-18(19)20(23(28)30)21-24(31)29-25(32-21)26-22(27-29)17-12-7-6-8-13-17/h6-10,12-15H,2-5,11,16H2,1H3/b21-20-. The first-order valence-electron chi connectivity index (χ1n) is 11.1. The van der Waals surface area contributed by atoms with Crippen LogP contribution < -0.4 is 15.0 Å². The number of hydrogen-bond donors (Lipinski definition) is 0. The van der Waals surface area contributed by atoms with Gasteiger partial charge >= 0.3 is 0 Å². The lowest BCUT2D eigenvalue weighted by Gasteiger charge is -2.16. The second-order valence-corrected chi connectivity index (χ2v) is 8.97. The molecule has 32 heavy (non-hydrogen) atoms. The van der Waals surface area contributed by atoms with Crippen molar-refractivity contribution >= 4 is 33.5 Å². The van der Waals surface area contributed by atoms with E-state index in [1.165, 1.54) is 35.1 Å². The van der Waals surface area contributed by atoms with Crippen molar-refractivity contribution in [1.82, 2.24) is 14.6 Å². The third-order valence-corrected chi connectivity index (χ3v) is 6.85. The van der Waals surface area contributed by atoms with Crippen LogP contribution in [0.5, 0.6) is 0 Å². The van der Waals surface area contributed by atoms with Crippen LogP contribution in [0.4, 0.5) is 5.69 Å². The Labute approximate surface area is 189 Å². The molecule has 4 aromatic rings. The first-order chi connectivity index (χ1) is 15.7. The van der Waals surface area contributed by atoms with Gasteiger partial charge in [0.1, 0.15) is 4.53 Å². The van der Waals surface area contributed by atoms with E-state index >= 15 is 0 Å². The highest BCUT2D eigenvalue weighted by Crippen LogP contribution is 2.35. The van der Waals surface area contributed by atoms with Crippen molar-refractivity contribution in [2.24, 2.45) is 0 Å². The molecule has 0 spiro atoms. The quantitative estimate of drug-likeness (QED) is 0.403. The van der Waals surface area contributed by atoms with Gasteiger partial charge in [-0.25, -0.2) is 0 Å². The van der Waals surface area contributed by atoms with Gasteiger partial charge in [-0.2, -0.15) is 9.50 Å². The van der Waals surface area contributed by atoms with Crippen LogP contribution in [-0.2, 0) is 4.79 Å². The zero-order valence-corrected chi connectivity index (χ0v) is 18.8. The number of hydrogen-bond acceptors (Lipinski definition) is 5. The highest BCUT2D eigenvalue weighted by Gasteiger charge is 2.33. The van der Waals surface area contributed by atoms with Crippen molar-refractivity contribution < 1.29 is 4.79 Å². The first-order valence-corrected chi connectivity index (χ1v) is 11.9. The number of carbonyl (C=O) groups excluding carboxylic acids is 1. The maximum Gasteiger partial charge on any atom is 0.291 e. The van der Waals surface area contributed by atoms with E-state index in [1.54, 1.807) is 0 Å². The van der Waals surface area contributed by atoms with E-state index in [0.29, 0.717) is 27.4 Å². The topological polar surface area (TPSA) is 67.6 Å². The molecule has 0 aliphatic carbocycles. The number of rotatable bonds is 7. The third kappa shape index (κ3) is 3.52. The number of amides is 1. The molecule has 0 unspecified atom stereocenters. The molecule has 0 saturated carbocycles. The fraction of sp³-hybridized carbons (Fsp3) is 0.280. The summed E-state index contributed by atoms with van der Waals surface area (Å²) in [6, 6.07) is 17.3. The number of anilines is 1. The number of fused-ring (bicyclic) bond motifs is 2. The lowest BCUT2D eigenvalue weighted by atomic mass is 10.1. The number of benzene rings is 2. The SMILES string of the molecule is CCCCCCCN1C(=O)/C(=c2\sc3nc(-c4ccccc4)nn3c2=O)c2ccccc21. The van der Waals surface area contributed by atoms with Gasteiger partial charge in [-0.1, -0.05) is 92.5 Å². The zero-order valence-electron chi connectivity index (χ0n) is 18.0. The van der Waals surface area contributed by atoms with Crippen LogP contribution in [0, 0.1) is 0 Å². The Hall–Kier alpha value is -3.32. The van der Waals surface area contributed by atoms with Crippen molar-refractivity contribution in [2.45, 2.75) is 39.0 Å². The summed E-state index contributed by atoms with van der Waals surface area (Å²) in [5.74, 6) is 0.406. The van der Waals surface area contributed by atoms with E-state index < -0.39 is 0 Å². The average Bonchev–Trinajstić information content (AvgIpc) is 3.45. The summed E-state index contributed by atoms with van der Waals surface area (Å²) in [5, 5.41) is 4.42. The van der Waals surface area contributed by atoms with Gasteiger partial charge < -0.3 is 4.90 Å². The Balaban J connectivity index is 1.55. The molecule has 0 bridgehead atoms. The van der Waals surface area contributed by atoms with Crippen LogP contribution in [-0.4, -0.2) is 27.0 Å². The van der Waals surface area contributed by atoms with E-state index in [1.807, 2.05) is 59.5 Å². The average molecular weight is 445 g/mol. The smallest absolute Gasteiger partial charge is 0.291 e. The Kier molecular flexibility index (Phi) is 5.57. The van der Waals surface area contributed by atoms with Crippen molar-refractivity contribution in [1.29, 1.82) is 0 Å². The number of unbranched alkanes of at least 4 members (excludes halogenated alkanes) is 4. The Bertz CT molecular complexity index is 1390. The van der Waals surface area contributed by atoms with Crippen molar-refractivity contribution in [3.63, 3.8) is 0 Å². The van der Waals surface area contributed by atoms with Crippen molar-refractivity contribution in [3.8, 4) is 11.4 Å². The van der Waals surface area contributed by atoms with Crippen LogP contribution in [0.15, 0.2) is 59.4 Å². The molecule has 2 aromatic heterocycles. The van der Waals surface area contributed by atoms with Gasteiger partial charge in [0.25, 0.3) is 11.5 Å². The summed E-state index contributed by atoms with van der Waals surface area (Å²) >= 11 is 1.23. The van der Waals surface area contributed by atoms with Gasteiger partial charge in [0.15, 0.2) is 5.82 Å². The van der Waals surface area contributed by atoms with Gasteiger partial charge in [0.05, 0.1) is 11.3 Å². The summed E-state index contributed by atoms with van der Waals surface area (Å²) in [7, 11) is 0. The Morgan fingerprint density at radius 1 is 0.906 bits per heavy atom. The van der Waals surface area contributed by atoms with E-state index in [0.717, 1.165) is 29.7 Å².